The van der Waals surface area contributed by atoms with Crippen LogP contribution in [0.15, 0.2) is 72.4 Å². The highest BCUT2D eigenvalue weighted by Gasteiger charge is 2.27. The van der Waals surface area contributed by atoms with Crippen molar-refractivity contribution in [2.75, 3.05) is 0 Å². The predicted molar refractivity (Wildman–Crippen MR) is 103 cm³/mol. The molecule has 1 atom stereocenters. The number of hydrogen-bond donors (Lipinski definition) is 0. The van der Waals surface area contributed by atoms with Crippen molar-refractivity contribution < 1.29 is 4.84 Å². The van der Waals surface area contributed by atoms with Crippen LogP contribution >= 0.6 is 0 Å². The van der Waals surface area contributed by atoms with E-state index in [4.69, 9.17) is 4.84 Å². The summed E-state index contributed by atoms with van der Waals surface area (Å²) in [5.41, 5.74) is 6.15. The smallest absolute Gasteiger partial charge is 0.142 e. The molecule has 2 aromatic carbocycles. The van der Waals surface area contributed by atoms with Crippen LogP contribution in [0.3, 0.4) is 0 Å². The van der Waals surface area contributed by atoms with Gasteiger partial charge in [0.2, 0.25) is 0 Å². The summed E-state index contributed by atoms with van der Waals surface area (Å²) >= 11 is 0. The predicted octanol–water partition coefficient (Wildman–Crippen LogP) is 4.38. The average Bonchev–Trinajstić information content (AvgIpc) is 3.17. The molecule has 0 saturated heterocycles. The summed E-state index contributed by atoms with van der Waals surface area (Å²) in [4.78, 5) is 9.93. The molecule has 0 bridgehead atoms. The van der Waals surface area contributed by atoms with Crippen LogP contribution in [0.2, 0.25) is 0 Å². The van der Waals surface area contributed by atoms with Crippen LogP contribution in [0.1, 0.15) is 28.7 Å². The Morgan fingerprint density at radius 3 is 2.85 bits per heavy atom. The zero-order chi connectivity index (χ0) is 17.8. The number of hydrogen-bond acceptors (Lipinski definition) is 3. The van der Waals surface area contributed by atoms with E-state index in [1.165, 1.54) is 16.7 Å². The van der Waals surface area contributed by atoms with Crippen molar-refractivity contribution in [1.82, 2.24) is 9.55 Å². The number of aryl methyl sites for hydroxylation is 1. The number of benzene rings is 2. The van der Waals surface area contributed by atoms with Gasteiger partial charge in [0.1, 0.15) is 6.61 Å². The Balaban J connectivity index is 1.61. The number of oxime groups is 1. The summed E-state index contributed by atoms with van der Waals surface area (Å²) in [6.45, 7) is 3.54. The van der Waals surface area contributed by atoms with E-state index in [1.54, 1.807) is 0 Å². The van der Waals surface area contributed by atoms with E-state index >= 15 is 0 Å². The zero-order valence-electron chi connectivity index (χ0n) is 15.0. The quantitative estimate of drug-likeness (QED) is 0.644. The van der Waals surface area contributed by atoms with Crippen LogP contribution in [0.5, 0.6) is 0 Å². The Morgan fingerprint density at radius 1 is 1.15 bits per heavy atom. The summed E-state index contributed by atoms with van der Waals surface area (Å²) in [7, 11) is 0. The molecule has 0 spiro atoms. The molecule has 0 fully saturated rings. The lowest BCUT2D eigenvalue weighted by atomic mass is 9.80. The number of fused-ring (bicyclic) bond motifs is 1. The molecular weight excluding hydrogens is 322 g/mol. The van der Waals surface area contributed by atoms with Crippen LogP contribution < -0.4 is 0 Å². The van der Waals surface area contributed by atoms with Gasteiger partial charge in [0.25, 0.3) is 0 Å². The van der Waals surface area contributed by atoms with E-state index in [9.17, 15) is 0 Å². The molecule has 0 radical (unpaired) electrons. The van der Waals surface area contributed by atoms with Crippen molar-refractivity contribution in [2.24, 2.45) is 11.1 Å². The van der Waals surface area contributed by atoms with Crippen LogP contribution in [0.4, 0.5) is 0 Å². The minimum absolute atomic E-state index is 0.328. The molecule has 1 aromatic heterocycles. The van der Waals surface area contributed by atoms with Gasteiger partial charge in [-0.3, -0.25) is 0 Å². The van der Waals surface area contributed by atoms with E-state index < -0.39 is 0 Å². The van der Waals surface area contributed by atoms with Gasteiger partial charge in [0.05, 0.1) is 12.0 Å². The van der Waals surface area contributed by atoms with Crippen molar-refractivity contribution >= 4 is 5.71 Å². The Bertz CT molecular complexity index is 885. The van der Waals surface area contributed by atoms with Gasteiger partial charge in [0, 0.05) is 30.4 Å². The van der Waals surface area contributed by atoms with E-state index in [0.29, 0.717) is 12.5 Å². The molecule has 3 aromatic rings. The lowest BCUT2D eigenvalue weighted by Gasteiger charge is -2.27. The highest BCUT2D eigenvalue weighted by molar-refractivity contribution is 6.04. The molecule has 4 rings (SSSR count). The second-order valence-electron chi connectivity index (χ2n) is 6.83. The van der Waals surface area contributed by atoms with Crippen molar-refractivity contribution in [3.63, 3.8) is 0 Å². The third kappa shape index (κ3) is 3.54. The van der Waals surface area contributed by atoms with Crippen molar-refractivity contribution in [3.05, 3.63) is 89.5 Å². The molecule has 0 saturated carbocycles. The molecule has 0 aliphatic heterocycles. The van der Waals surface area contributed by atoms with Gasteiger partial charge in [-0.25, -0.2) is 4.98 Å². The lowest BCUT2D eigenvalue weighted by molar-refractivity contribution is 0.128. The fourth-order valence-corrected chi connectivity index (χ4v) is 3.65. The first-order valence-corrected chi connectivity index (χ1v) is 9.09. The van der Waals surface area contributed by atoms with Gasteiger partial charge in [0.15, 0.2) is 0 Å². The number of imidazole rings is 1. The molecule has 1 heterocycles. The first kappa shape index (κ1) is 16.6. The summed E-state index contributed by atoms with van der Waals surface area (Å²) in [5, 5.41) is 4.61. The van der Waals surface area contributed by atoms with Crippen molar-refractivity contribution in [2.45, 2.75) is 32.9 Å². The monoisotopic (exact) mass is 345 g/mol. The van der Waals surface area contributed by atoms with Crippen molar-refractivity contribution in [3.8, 4) is 0 Å². The maximum absolute atomic E-state index is 5.77. The third-order valence-electron chi connectivity index (χ3n) is 5.04. The van der Waals surface area contributed by atoms with E-state index in [1.807, 2.05) is 36.9 Å². The highest BCUT2D eigenvalue weighted by atomic mass is 16.6. The molecule has 1 aliphatic carbocycles. The van der Waals surface area contributed by atoms with Crippen LogP contribution in [0.25, 0.3) is 0 Å². The first-order valence-electron chi connectivity index (χ1n) is 9.09. The first-order chi connectivity index (χ1) is 12.8. The normalized spacial score (nSPS) is 17.9. The second kappa shape index (κ2) is 7.56. The maximum atomic E-state index is 5.77. The molecule has 4 nitrogen and oxygen atoms in total. The summed E-state index contributed by atoms with van der Waals surface area (Å²) < 4.78 is 2.12. The van der Waals surface area contributed by atoms with Gasteiger partial charge in [-0.15, -0.1) is 0 Å². The summed E-state index contributed by atoms with van der Waals surface area (Å²) in [6.07, 6.45) is 7.86. The average molecular weight is 345 g/mol. The highest BCUT2D eigenvalue weighted by Crippen LogP contribution is 2.30. The number of nitrogens with zero attached hydrogens (tertiary/aromatic N) is 3. The van der Waals surface area contributed by atoms with E-state index in [-0.39, 0.29) is 0 Å². The Kier molecular flexibility index (Phi) is 4.82. The standard InChI is InChI=1S/C22H23N3O/c1-17-6-5-9-21-20(17)11-10-19(14-25-13-12-23-16-25)22(21)24-26-15-18-7-3-2-4-8-18/h2-9,12-13,16,19H,10-11,14-15H2,1H3/b24-22-. The number of rotatable bonds is 5. The van der Waals surface area contributed by atoms with Crippen LogP contribution in [-0.2, 0) is 24.4 Å². The van der Waals surface area contributed by atoms with Crippen molar-refractivity contribution in [1.29, 1.82) is 0 Å². The fraction of sp³-hybridized carbons (Fsp3) is 0.273. The van der Waals surface area contributed by atoms with Gasteiger partial charge in [-0.2, -0.15) is 0 Å². The molecule has 1 unspecified atom stereocenters. The molecule has 0 amide bonds. The van der Waals surface area contributed by atoms with E-state index in [2.05, 4.69) is 52.0 Å². The van der Waals surface area contributed by atoms with Gasteiger partial charge in [-0.1, -0.05) is 53.7 Å². The zero-order valence-corrected chi connectivity index (χ0v) is 15.0. The van der Waals surface area contributed by atoms with Crippen LogP contribution in [0, 0.1) is 12.8 Å². The van der Waals surface area contributed by atoms with Gasteiger partial charge in [-0.05, 0) is 36.5 Å². The summed E-state index contributed by atoms with van der Waals surface area (Å²) in [5.74, 6) is 0.328. The molecule has 0 N–H and O–H groups in total. The molecule has 132 valence electrons. The Morgan fingerprint density at radius 2 is 2.04 bits per heavy atom. The fourth-order valence-electron chi connectivity index (χ4n) is 3.65. The summed E-state index contributed by atoms with van der Waals surface area (Å²) in [6, 6.07) is 16.6. The second-order valence-corrected chi connectivity index (χ2v) is 6.83. The minimum atomic E-state index is 0.328. The number of aromatic nitrogens is 2. The largest absolute Gasteiger partial charge is 0.391 e. The lowest BCUT2D eigenvalue weighted by Crippen LogP contribution is -2.28. The van der Waals surface area contributed by atoms with Gasteiger partial charge >= 0.3 is 0 Å². The topological polar surface area (TPSA) is 39.4 Å². The molecule has 1 aliphatic rings. The Hall–Kier alpha value is -2.88. The maximum Gasteiger partial charge on any atom is 0.142 e. The SMILES string of the molecule is Cc1cccc2c1CCC(Cn1ccnc1)/C2=N/OCc1ccccc1. The molecule has 26 heavy (non-hydrogen) atoms. The van der Waals surface area contributed by atoms with E-state index in [0.717, 1.165) is 30.7 Å². The van der Waals surface area contributed by atoms with Gasteiger partial charge < -0.3 is 9.40 Å². The Labute approximate surface area is 154 Å². The molecular formula is C22H23N3O. The van der Waals surface area contributed by atoms with Crippen LogP contribution in [-0.4, -0.2) is 15.3 Å². The third-order valence-corrected chi connectivity index (χ3v) is 5.04. The minimum Gasteiger partial charge on any atom is -0.391 e. The molecule has 4 heteroatoms.